The second-order valence-corrected chi connectivity index (χ2v) is 6.15. The predicted octanol–water partition coefficient (Wildman–Crippen LogP) is 3.21. The number of halogens is 1. The first-order chi connectivity index (χ1) is 13.1. The first-order valence-corrected chi connectivity index (χ1v) is 9.20. The first-order valence-electron chi connectivity index (χ1n) is 8.41. The molecular formula is C19H20BrN3O4. The van der Waals surface area contributed by atoms with Crippen molar-refractivity contribution < 1.29 is 19.0 Å². The summed E-state index contributed by atoms with van der Waals surface area (Å²) in [6, 6.07) is 8.85. The number of ether oxygens (including phenoxy) is 3. The predicted molar refractivity (Wildman–Crippen MR) is 103 cm³/mol. The summed E-state index contributed by atoms with van der Waals surface area (Å²) in [5.41, 5.74) is 1.21. The van der Waals surface area contributed by atoms with Gasteiger partial charge in [-0.2, -0.15) is 5.26 Å². The molecule has 0 fully saturated rings. The third-order valence-corrected chi connectivity index (χ3v) is 3.98. The van der Waals surface area contributed by atoms with Crippen LogP contribution in [-0.2, 0) is 11.3 Å². The molecule has 0 unspecified atom stereocenters. The van der Waals surface area contributed by atoms with Crippen LogP contribution in [0.1, 0.15) is 25.0 Å². The largest absolute Gasteiger partial charge is 0.490 e. The number of amides is 1. The molecule has 1 heterocycles. The maximum atomic E-state index is 12.2. The van der Waals surface area contributed by atoms with E-state index in [2.05, 4.69) is 32.3 Å². The maximum absolute atomic E-state index is 12.2. The van der Waals surface area contributed by atoms with E-state index >= 15 is 0 Å². The number of carbonyl (C=O) groups excluding carboxylic acids is 1. The summed E-state index contributed by atoms with van der Waals surface area (Å²) in [5, 5.41) is 11.8. The van der Waals surface area contributed by atoms with E-state index in [1.807, 2.05) is 19.9 Å². The molecule has 0 aliphatic rings. The number of nitrogens with one attached hydrogen (secondary N) is 1. The number of hydrogen-bond acceptors (Lipinski definition) is 6. The standard InChI is InChI=1S/C19H20BrN3O4/c1-3-25-16-9-13(10-21)8-15(20)18(16)27-12-17(24)23-11-14-6-5-7-22-19(14)26-4-2/h5-9H,3-4,11-12H2,1-2H3,(H,23,24). The molecule has 7 nitrogen and oxygen atoms in total. The second-order valence-electron chi connectivity index (χ2n) is 5.30. The van der Waals surface area contributed by atoms with Crippen LogP contribution in [0.2, 0.25) is 0 Å². The zero-order valence-corrected chi connectivity index (χ0v) is 16.7. The zero-order chi connectivity index (χ0) is 19.6. The lowest BCUT2D eigenvalue weighted by Gasteiger charge is -2.14. The van der Waals surface area contributed by atoms with Gasteiger partial charge in [0.25, 0.3) is 5.91 Å². The van der Waals surface area contributed by atoms with Crippen LogP contribution in [0.25, 0.3) is 0 Å². The average Bonchev–Trinajstić information content (AvgIpc) is 2.67. The number of carbonyl (C=O) groups is 1. The topological polar surface area (TPSA) is 93.5 Å². The van der Waals surface area contributed by atoms with Crippen molar-refractivity contribution in [2.24, 2.45) is 0 Å². The number of nitriles is 1. The van der Waals surface area contributed by atoms with Gasteiger partial charge in [0.2, 0.25) is 5.88 Å². The Bertz CT molecular complexity index is 836. The van der Waals surface area contributed by atoms with Crippen molar-refractivity contribution in [3.8, 4) is 23.4 Å². The van der Waals surface area contributed by atoms with E-state index in [4.69, 9.17) is 19.5 Å². The molecule has 1 aromatic carbocycles. The van der Waals surface area contributed by atoms with Crippen LogP contribution < -0.4 is 19.5 Å². The van der Waals surface area contributed by atoms with Crippen LogP contribution in [-0.4, -0.2) is 30.7 Å². The van der Waals surface area contributed by atoms with Crippen molar-refractivity contribution >= 4 is 21.8 Å². The Labute approximate surface area is 166 Å². The zero-order valence-electron chi connectivity index (χ0n) is 15.1. The number of hydrogen-bond donors (Lipinski definition) is 1. The van der Waals surface area contributed by atoms with E-state index in [0.717, 1.165) is 5.56 Å². The highest BCUT2D eigenvalue weighted by Gasteiger charge is 2.14. The lowest BCUT2D eigenvalue weighted by Crippen LogP contribution is -2.28. The van der Waals surface area contributed by atoms with E-state index in [9.17, 15) is 4.79 Å². The highest BCUT2D eigenvalue weighted by Crippen LogP contribution is 2.36. The van der Waals surface area contributed by atoms with Gasteiger partial charge in [-0.25, -0.2) is 4.98 Å². The Morgan fingerprint density at radius 3 is 2.74 bits per heavy atom. The quantitative estimate of drug-likeness (QED) is 0.652. The molecular weight excluding hydrogens is 414 g/mol. The van der Waals surface area contributed by atoms with E-state index in [-0.39, 0.29) is 19.1 Å². The Morgan fingerprint density at radius 2 is 2.04 bits per heavy atom. The molecule has 0 aliphatic carbocycles. The van der Waals surface area contributed by atoms with Gasteiger partial charge in [-0.15, -0.1) is 0 Å². The minimum Gasteiger partial charge on any atom is -0.490 e. The molecule has 1 amide bonds. The van der Waals surface area contributed by atoms with Gasteiger partial charge < -0.3 is 19.5 Å². The molecule has 0 saturated carbocycles. The lowest BCUT2D eigenvalue weighted by molar-refractivity contribution is -0.123. The van der Waals surface area contributed by atoms with Crippen molar-refractivity contribution in [2.75, 3.05) is 19.8 Å². The fourth-order valence-corrected chi connectivity index (χ4v) is 2.80. The van der Waals surface area contributed by atoms with Gasteiger partial charge in [0, 0.05) is 24.4 Å². The summed E-state index contributed by atoms with van der Waals surface area (Å²) in [5.74, 6) is 0.971. The minimum atomic E-state index is -0.306. The van der Waals surface area contributed by atoms with E-state index in [1.165, 1.54) is 0 Å². The molecule has 2 rings (SSSR count). The molecule has 0 aliphatic heterocycles. The highest BCUT2D eigenvalue weighted by molar-refractivity contribution is 9.10. The van der Waals surface area contributed by atoms with E-state index in [0.29, 0.717) is 40.6 Å². The van der Waals surface area contributed by atoms with Gasteiger partial charge in [0.05, 0.1) is 29.3 Å². The fourth-order valence-electron chi connectivity index (χ4n) is 2.24. The average molecular weight is 434 g/mol. The van der Waals surface area contributed by atoms with Crippen molar-refractivity contribution in [1.82, 2.24) is 10.3 Å². The van der Waals surface area contributed by atoms with E-state index in [1.54, 1.807) is 24.4 Å². The SMILES string of the molecule is CCOc1cc(C#N)cc(Br)c1OCC(=O)NCc1cccnc1OCC. The third kappa shape index (κ3) is 5.86. The number of rotatable bonds is 9. The Balaban J connectivity index is 1.99. The molecule has 142 valence electrons. The molecule has 0 saturated heterocycles. The molecule has 0 atom stereocenters. The first kappa shape index (κ1) is 20.5. The van der Waals surface area contributed by atoms with Crippen molar-refractivity contribution in [3.05, 3.63) is 46.1 Å². The maximum Gasteiger partial charge on any atom is 0.258 e. The highest BCUT2D eigenvalue weighted by atomic mass is 79.9. The van der Waals surface area contributed by atoms with Gasteiger partial charge in [-0.05, 0) is 41.9 Å². The molecule has 2 aromatic rings. The van der Waals surface area contributed by atoms with Crippen LogP contribution in [0.5, 0.6) is 17.4 Å². The number of benzene rings is 1. The van der Waals surface area contributed by atoms with Crippen molar-refractivity contribution in [2.45, 2.75) is 20.4 Å². The van der Waals surface area contributed by atoms with Crippen LogP contribution >= 0.6 is 15.9 Å². The molecule has 8 heteroatoms. The van der Waals surface area contributed by atoms with Crippen molar-refractivity contribution in [1.29, 1.82) is 5.26 Å². The summed E-state index contributed by atoms with van der Waals surface area (Å²) in [7, 11) is 0. The minimum absolute atomic E-state index is 0.200. The number of nitrogens with zero attached hydrogens (tertiary/aromatic N) is 2. The third-order valence-electron chi connectivity index (χ3n) is 3.39. The summed E-state index contributed by atoms with van der Waals surface area (Å²) >= 11 is 3.35. The van der Waals surface area contributed by atoms with Crippen molar-refractivity contribution in [3.63, 3.8) is 0 Å². The van der Waals surface area contributed by atoms with Gasteiger partial charge in [0.15, 0.2) is 18.1 Å². The van der Waals surface area contributed by atoms with Gasteiger partial charge in [-0.3, -0.25) is 4.79 Å². The number of pyridine rings is 1. The summed E-state index contributed by atoms with van der Waals surface area (Å²) in [4.78, 5) is 16.3. The van der Waals surface area contributed by atoms with Gasteiger partial charge in [-0.1, -0.05) is 6.07 Å². The molecule has 1 aromatic heterocycles. The second kappa shape index (κ2) is 10.4. The fraction of sp³-hybridized carbons (Fsp3) is 0.316. The summed E-state index contributed by atoms with van der Waals surface area (Å²) in [6.45, 7) is 4.68. The van der Waals surface area contributed by atoms with Gasteiger partial charge in [0.1, 0.15) is 0 Å². The van der Waals surface area contributed by atoms with Crippen LogP contribution in [0.3, 0.4) is 0 Å². The van der Waals surface area contributed by atoms with Crippen LogP contribution in [0, 0.1) is 11.3 Å². The number of aromatic nitrogens is 1. The molecule has 1 N–H and O–H groups in total. The summed E-state index contributed by atoms with van der Waals surface area (Å²) in [6.07, 6.45) is 1.64. The Hall–Kier alpha value is -2.79. The molecule has 0 radical (unpaired) electrons. The Kier molecular flexibility index (Phi) is 7.89. The summed E-state index contributed by atoms with van der Waals surface area (Å²) < 4.78 is 17.1. The molecule has 0 bridgehead atoms. The Morgan fingerprint density at radius 1 is 1.26 bits per heavy atom. The smallest absolute Gasteiger partial charge is 0.258 e. The van der Waals surface area contributed by atoms with Gasteiger partial charge >= 0.3 is 0 Å². The van der Waals surface area contributed by atoms with E-state index < -0.39 is 0 Å². The lowest BCUT2D eigenvalue weighted by atomic mass is 10.2. The van der Waals surface area contributed by atoms with Crippen LogP contribution in [0.4, 0.5) is 0 Å². The normalized spacial score (nSPS) is 10.0. The monoisotopic (exact) mass is 433 g/mol. The molecule has 27 heavy (non-hydrogen) atoms. The molecule has 0 spiro atoms. The van der Waals surface area contributed by atoms with Crippen LogP contribution in [0.15, 0.2) is 34.9 Å².